The monoisotopic (exact) mass is 323 g/mol. The molecule has 1 fully saturated rings. The van der Waals surface area contributed by atoms with E-state index in [9.17, 15) is 13.6 Å². The lowest BCUT2D eigenvalue weighted by Gasteiger charge is -2.11. The van der Waals surface area contributed by atoms with Crippen molar-refractivity contribution in [2.75, 3.05) is 0 Å². The quantitative estimate of drug-likeness (QED) is 0.799. The standard InChI is InChI=1S/C18H23F2NO2/c1-11(2)9-13-15(18(13,3)4)16(22)21-10-12-7-5-6-8-14(12)23-17(19)20/h5-9,13,15,17H,10H2,1-4H3,(H,21,22). The van der Waals surface area contributed by atoms with Crippen LogP contribution in [0.4, 0.5) is 8.78 Å². The van der Waals surface area contributed by atoms with Gasteiger partial charge in [0.05, 0.1) is 5.92 Å². The average Bonchev–Trinajstić information content (AvgIpc) is 2.97. The molecule has 126 valence electrons. The highest BCUT2D eigenvalue weighted by Crippen LogP contribution is 2.59. The molecule has 1 aromatic carbocycles. The van der Waals surface area contributed by atoms with E-state index in [1.807, 2.05) is 13.8 Å². The largest absolute Gasteiger partial charge is 0.434 e. The maximum atomic E-state index is 12.4. The van der Waals surface area contributed by atoms with Crippen LogP contribution in [-0.4, -0.2) is 12.5 Å². The van der Waals surface area contributed by atoms with Gasteiger partial charge in [0.25, 0.3) is 0 Å². The van der Waals surface area contributed by atoms with Crippen LogP contribution in [0.5, 0.6) is 5.75 Å². The Bertz CT molecular complexity index is 607. The van der Waals surface area contributed by atoms with Crippen LogP contribution in [0.15, 0.2) is 35.9 Å². The summed E-state index contributed by atoms with van der Waals surface area (Å²) in [7, 11) is 0. The highest BCUT2D eigenvalue weighted by Gasteiger charge is 2.60. The van der Waals surface area contributed by atoms with Crippen LogP contribution >= 0.6 is 0 Å². The molecule has 1 saturated carbocycles. The van der Waals surface area contributed by atoms with E-state index in [-0.39, 0.29) is 35.5 Å². The smallest absolute Gasteiger partial charge is 0.387 e. The fourth-order valence-electron chi connectivity index (χ4n) is 3.00. The topological polar surface area (TPSA) is 38.3 Å². The first-order valence-corrected chi connectivity index (χ1v) is 7.69. The number of allylic oxidation sites excluding steroid dienone is 2. The predicted molar refractivity (Wildman–Crippen MR) is 85.1 cm³/mol. The van der Waals surface area contributed by atoms with Gasteiger partial charge in [0.15, 0.2) is 0 Å². The van der Waals surface area contributed by atoms with Crippen molar-refractivity contribution in [2.24, 2.45) is 17.3 Å². The van der Waals surface area contributed by atoms with Gasteiger partial charge in [0.2, 0.25) is 5.91 Å². The minimum Gasteiger partial charge on any atom is -0.434 e. The average molecular weight is 323 g/mol. The van der Waals surface area contributed by atoms with Gasteiger partial charge in [-0.1, -0.05) is 43.7 Å². The number of hydrogen-bond acceptors (Lipinski definition) is 2. The number of halogens is 2. The van der Waals surface area contributed by atoms with Crippen molar-refractivity contribution in [2.45, 2.75) is 40.9 Å². The van der Waals surface area contributed by atoms with Gasteiger partial charge >= 0.3 is 6.61 Å². The van der Waals surface area contributed by atoms with E-state index in [2.05, 4.69) is 30.0 Å². The van der Waals surface area contributed by atoms with E-state index in [1.165, 1.54) is 11.6 Å². The first kappa shape index (κ1) is 17.4. The molecule has 0 aromatic heterocycles. The molecule has 2 unspecified atom stereocenters. The van der Waals surface area contributed by atoms with E-state index < -0.39 is 6.61 Å². The van der Waals surface area contributed by atoms with Crippen molar-refractivity contribution in [3.05, 3.63) is 41.5 Å². The molecule has 1 amide bonds. The number of carbonyl (C=O) groups is 1. The summed E-state index contributed by atoms with van der Waals surface area (Å²) in [6, 6.07) is 6.50. The van der Waals surface area contributed by atoms with Crippen LogP contribution in [-0.2, 0) is 11.3 Å². The number of hydrogen-bond donors (Lipinski definition) is 1. The Balaban J connectivity index is 2.00. The third-order valence-corrected chi connectivity index (χ3v) is 4.35. The lowest BCUT2D eigenvalue weighted by atomic mass is 10.1. The fraction of sp³-hybridized carbons (Fsp3) is 0.500. The summed E-state index contributed by atoms with van der Waals surface area (Å²) in [4.78, 5) is 12.4. The Labute approximate surface area is 135 Å². The number of nitrogens with one attached hydrogen (secondary N) is 1. The summed E-state index contributed by atoms with van der Waals surface area (Å²) in [5.41, 5.74) is 1.66. The maximum Gasteiger partial charge on any atom is 0.387 e. The number of para-hydroxylation sites is 1. The van der Waals surface area contributed by atoms with Crippen LogP contribution in [0.25, 0.3) is 0 Å². The minimum atomic E-state index is -2.88. The lowest BCUT2D eigenvalue weighted by molar-refractivity contribution is -0.123. The number of benzene rings is 1. The molecule has 3 nitrogen and oxygen atoms in total. The van der Waals surface area contributed by atoms with Crippen LogP contribution in [0.1, 0.15) is 33.3 Å². The van der Waals surface area contributed by atoms with E-state index >= 15 is 0 Å². The molecule has 5 heteroatoms. The molecule has 0 radical (unpaired) electrons. The zero-order valence-electron chi connectivity index (χ0n) is 13.9. The van der Waals surface area contributed by atoms with Gasteiger partial charge in [-0.3, -0.25) is 4.79 Å². The first-order chi connectivity index (χ1) is 10.7. The van der Waals surface area contributed by atoms with Crippen molar-refractivity contribution >= 4 is 5.91 Å². The predicted octanol–water partition coefficient (Wildman–Crippen LogP) is 4.14. The second-order valence-corrected chi connectivity index (χ2v) is 6.77. The third-order valence-electron chi connectivity index (χ3n) is 4.35. The summed E-state index contributed by atoms with van der Waals surface area (Å²) in [6.45, 7) is 5.46. The zero-order chi connectivity index (χ0) is 17.2. The summed E-state index contributed by atoms with van der Waals surface area (Å²) in [6.07, 6.45) is 2.12. The number of ether oxygens (including phenoxy) is 1. The Morgan fingerprint density at radius 3 is 2.61 bits per heavy atom. The highest BCUT2D eigenvalue weighted by atomic mass is 19.3. The number of carbonyl (C=O) groups excluding carboxylic acids is 1. The lowest BCUT2D eigenvalue weighted by Crippen LogP contribution is -2.26. The zero-order valence-corrected chi connectivity index (χ0v) is 13.9. The molecule has 0 bridgehead atoms. The molecule has 1 aliphatic rings. The molecule has 1 aliphatic carbocycles. The number of rotatable bonds is 6. The van der Waals surface area contributed by atoms with E-state index in [0.29, 0.717) is 5.56 Å². The number of amides is 1. The van der Waals surface area contributed by atoms with Crippen molar-refractivity contribution in [3.8, 4) is 5.75 Å². The van der Waals surface area contributed by atoms with Crippen molar-refractivity contribution in [1.82, 2.24) is 5.32 Å². The van der Waals surface area contributed by atoms with Crippen molar-refractivity contribution in [3.63, 3.8) is 0 Å². The van der Waals surface area contributed by atoms with Gasteiger partial charge in [-0.2, -0.15) is 8.78 Å². The van der Waals surface area contributed by atoms with Crippen molar-refractivity contribution in [1.29, 1.82) is 0 Å². The Kier molecular flexibility index (Phi) is 5.07. The van der Waals surface area contributed by atoms with Gasteiger partial charge in [-0.25, -0.2) is 0 Å². The number of alkyl halides is 2. The molecule has 1 N–H and O–H groups in total. The molecular weight excluding hydrogens is 300 g/mol. The molecule has 2 rings (SSSR count). The fourth-order valence-corrected chi connectivity index (χ4v) is 3.00. The molecular formula is C18H23F2NO2. The van der Waals surface area contributed by atoms with Gasteiger partial charge in [0.1, 0.15) is 5.75 Å². The summed E-state index contributed by atoms with van der Waals surface area (Å²) >= 11 is 0. The van der Waals surface area contributed by atoms with Gasteiger partial charge in [-0.15, -0.1) is 0 Å². The Morgan fingerprint density at radius 2 is 2.00 bits per heavy atom. The molecule has 0 heterocycles. The Hall–Kier alpha value is -1.91. The second-order valence-electron chi connectivity index (χ2n) is 6.77. The summed E-state index contributed by atoms with van der Waals surface area (Å²) in [5.74, 6) is 0.184. The molecule has 2 atom stereocenters. The SMILES string of the molecule is CC(C)=CC1C(C(=O)NCc2ccccc2OC(F)F)C1(C)C. The third kappa shape index (κ3) is 4.09. The maximum absolute atomic E-state index is 12.4. The van der Waals surface area contributed by atoms with Crippen LogP contribution in [0.2, 0.25) is 0 Å². The minimum absolute atomic E-state index is 0.0515. The first-order valence-electron chi connectivity index (χ1n) is 7.69. The van der Waals surface area contributed by atoms with E-state index in [4.69, 9.17) is 0 Å². The van der Waals surface area contributed by atoms with E-state index in [1.54, 1.807) is 18.2 Å². The molecule has 0 aliphatic heterocycles. The normalized spacial score (nSPS) is 21.7. The Morgan fingerprint density at radius 1 is 1.35 bits per heavy atom. The molecule has 0 saturated heterocycles. The molecule has 1 aromatic rings. The summed E-state index contributed by atoms with van der Waals surface area (Å²) in [5, 5.41) is 2.84. The second kappa shape index (κ2) is 6.69. The van der Waals surface area contributed by atoms with Crippen molar-refractivity contribution < 1.29 is 18.3 Å². The van der Waals surface area contributed by atoms with E-state index in [0.717, 1.165) is 0 Å². The highest BCUT2D eigenvalue weighted by molar-refractivity contribution is 5.83. The van der Waals surface area contributed by atoms with Crippen LogP contribution in [0.3, 0.4) is 0 Å². The van der Waals surface area contributed by atoms with Crippen LogP contribution in [0, 0.1) is 17.3 Å². The van der Waals surface area contributed by atoms with Gasteiger partial charge < -0.3 is 10.1 Å². The van der Waals surface area contributed by atoms with Crippen LogP contribution < -0.4 is 10.1 Å². The van der Waals surface area contributed by atoms with Gasteiger partial charge in [0, 0.05) is 12.1 Å². The summed E-state index contributed by atoms with van der Waals surface area (Å²) < 4.78 is 29.3. The molecule has 23 heavy (non-hydrogen) atoms. The van der Waals surface area contributed by atoms with Gasteiger partial charge in [-0.05, 0) is 31.2 Å². The molecule has 0 spiro atoms.